The smallest absolute Gasteiger partial charge is 0.268 e. The zero-order chi connectivity index (χ0) is 26.9. The van der Waals surface area contributed by atoms with Gasteiger partial charge in [-0.2, -0.15) is 4.98 Å². The molecule has 2 heterocycles. The van der Waals surface area contributed by atoms with Gasteiger partial charge in [0, 0.05) is 23.5 Å². The van der Waals surface area contributed by atoms with Gasteiger partial charge in [-0.1, -0.05) is 25.9 Å². The number of carbonyl (C=O) groups is 1. The molecule has 1 atom stereocenters. The fourth-order valence-corrected chi connectivity index (χ4v) is 5.38. The predicted molar refractivity (Wildman–Crippen MR) is 145 cm³/mol. The molecule has 1 aromatic carbocycles. The topological polar surface area (TPSA) is 121 Å². The molecule has 0 aliphatic heterocycles. The summed E-state index contributed by atoms with van der Waals surface area (Å²) in [6, 6.07) is 6.08. The summed E-state index contributed by atoms with van der Waals surface area (Å²) >= 11 is 1.71. The van der Waals surface area contributed by atoms with Crippen LogP contribution in [-0.4, -0.2) is 70.6 Å². The van der Waals surface area contributed by atoms with Crippen LogP contribution in [0.15, 0.2) is 22.7 Å². The molecule has 3 rings (SSSR count). The minimum absolute atomic E-state index is 0.00267. The van der Waals surface area contributed by atoms with Gasteiger partial charge in [0.15, 0.2) is 0 Å². The highest BCUT2D eigenvalue weighted by molar-refractivity contribution is 7.15. The second kappa shape index (κ2) is 13.7. The first-order valence-electron chi connectivity index (χ1n) is 12.8. The van der Waals surface area contributed by atoms with Crippen molar-refractivity contribution in [2.75, 3.05) is 33.4 Å². The summed E-state index contributed by atoms with van der Waals surface area (Å²) in [4.78, 5) is 20.5. The Morgan fingerprint density at radius 2 is 1.97 bits per heavy atom. The van der Waals surface area contributed by atoms with Crippen molar-refractivity contribution in [3.05, 3.63) is 39.8 Å². The van der Waals surface area contributed by atoms with E-state index in [2.05, 4.69) is 42.3 Å². The van der Waals surface area contributed by atoms with Crippen LogP contribution in [0.2, 0.25) is 0 Å². The first-order chi connectivity index (χ1) is 17.8. The van der Waals surface area contributed by atoms with Crippen LogP contribution in [0.5, 0.6) is 5.75 Å². The minimum Gasteiger partial charge on any atom is -0.490 e. The normalized spacial score (nSPS) is 12.2. The van der Waals surface area contributed by atoms with E-state index in [-0.39, 0.29) is 13.2 Å². The third-order valence-electron chi connectivity index (χ3n) is 6.02. The molecule has 0 saturated carbocycles. The zero-order valence-electron chi connectivity index (χ0n) is 22.3. The standard InChI is InChI=1S/C27H38N4O5S/c1-6-9-31(5)14-23-18(7-2)12-22(37-23)27-29-26(30-36-27)20-10-17(4)25(19(8-3)11-20)35-16-21(33)13-28-24(34)15-32/h10-12,21,32-33H,6-9,13-16H2,1-5H3,(H,28,34)/t21-/m0/s1. The van der Waals surface area contributed by atoms with E-state index in [4.69, 9.17) is 19.4 Å². The lowest BCUT2D eigenvalue weighted by Crippen LogP contribution is -2.36. The Labute approximate surface area is 222 Å². The van der Waals surface area contributed by atoms with Gasteiger partial charge in [0.2, 0.25) is 11.7 Å². The number of aromatic nitrogens is 2. The molecular formula is C27H38N4O5S. The summed E-state index contributed by atoms with van der Waals surface area (Å²) in [6.07, 6.45) is 1.89. The fraction of sp³-hybridized carbons (Fsp3) is 0.519. The van der Waals surface area contributed by atoms with Gasteiger partial charge in [0.25, 0.3) is 5.89 Å². The largest absolute Gasteiger partial charge is 0.490 e. The second-order valence-corrected chi connectivity index (χ2v) is 10.3. The second-order valence-electron chi connectivity index (χ2n) is 9.14. The highest BCUT2D eigenvalue weighted by Gasteiger charge is 2.19. The maximum Gasteiger partial charge on any atom is 0.268 e. The molecule has 0 fully saturated rings. The van der Waals surface area contributed by atoms with E-state index in [1.165, 1.54) is 10.4 Å². The third kappa shape index (κ3) is 7.61. The number of carbonyl (C=O) groups excluding carboxylic acids is 1. The number of hydrogen-bond donors (Lipinski definition) is 3. The van der Waals surface area contributed by atoms with Crippen LogP contribution >= 0.6 is 11.3 Å². The van der Waals surface area contributed by atoms with Crippen molar-refractivity contribution in [2.45, 2.75) is 59.6 Å². The monoisotopic (exact) mass is 530 g/mol. The maximum atomic E-state index is 11.2. The Morgan fingerprint density at radius 1 is 1.22 bits per heavy atom. The van der Waals surface area contributed by atoms with Crippen LogP contribution in [0, 0.1) is 6.92 Å². The number of benzene rings is 1. The van der Waals surface area contributed by atoms with E-state index in [0.717, 1.165) is 47.5 Å². The Kier molecular flexibility index (Phi) is 10.6. The lowest BCUT2D eigenvalue weighted by Gasteiger charge is -2.17. The van der Waals surface area contributed by atoms with Crippen LogP contribution in [-0.2, 0) is 24.2 Å². The lowest BCUT2D eigenvalue weighted by molar-refractivity contribution is -0.124. The summed E-state index contributed by atoms with van der Waals surface area (Å²) < 4.78 is 11.6. The van der Waals surface area contributed by atoms with Crippen molar-refractivity contribution in [1.29, 1.82) is 0 Å². The molecule has 0 radical (unpaired) electrons. The van der Waals surface area contributed by atoms with Gasteiger partial charge in [-0.25, -0.2) is 0 Å². The average Bonchev–Trinajstić information content (AvgIpc) is 3.53. The van der Waals surface area contributed by atoms with E-state index in [9.17, 15) is 9.90 Å². The van der Waals surface area contributed by atoms with Crippen molar-refractivity contribution in [1.82, 2.24) is 20.4 Å². The fourth-order valence-electron chi connectivity index (χ4n) is 4.12. The van der Waals surface area contributed by atoms with E-state index in [1.807, 2.05) is 26.0 Å². The molecule has 0 unspecified atom stereocenters. The first-order valence-corrected chi connectivity index (χ1v) is 13.6. The average molecular weight is 531 g/mol. The van der Waals surface area contributed by atoms with E-state index in [0.29, 0.717) is 23.9 Å². The highest BCUT2D eigenvalue weighted by Crippen LogP contribution is 2.34. The molecule has 1 amide bonds. The number of aliphatic hydroxyl groups excluding tert-OH is 2. The highest BCUT2D eigenvalue weighted by atomic mass is 32.1. The van der Waals surface area contributed by atoms with E-state index in [1.54, 1.807) is 11.3 Å². The summed E-state index contributed by atoms with van der Waals surface area (Å²) in [5.41, 5.74) is 3.99. The molecule has 9 nitrogen and oxygen atoms in total. The summed E-state index contributed by atoms with van der Waals surface area (Å²) in [7, 11) is 2.14. The molecule has 0 spiro atoms. The number of aliphatic hydroxyl groups is 2. The molecule has 0 aliphatic rings. The lowest BCUT2D eigenvalue weighted by atomic mass is 10.0. The van der Waals surface area contributed by atoms with Gasteiger partial charge in [-0.05, 0) is 74.7 Å². The number of thiophene rings is 1. The van der Waals surface area contributed by atoms with Crippen LogP contribution in [0.25, 0.3) is 22.2 Å². The SMILES string of the molecule is CCCN(C)Cc1sc(-c2nc(-c3cc(C)c(OC[C@@H](O)CNC(=O)CO)c(CC)c3)no2)cc1CC. The van der Waals surface area contributed by atoms with Gasteiger partial charge in [-0.3, -0.25) is 4.79 Å². The van der Waals surface area contributed by atoms with Gasteiger partial charge < -0.3 is 29.7 Å². The van der Waals surface area contributed by atoms with Gasteiger partial charge >= 0.3 is 0 Å². The number of ether oxygens (including phenoxy) is 1. The number of nitrogens with zero attached hydrogens (tertiary/aromatic N) is 3. The quantitative estimate of drug-likeness (QED) is 0.289. The minimum atomic E-state index is -0.899. The van der Waals surface area contributed by atoms with E-state index < -0.39 is 18.6 Å². The number of aryl methyl sites for hydroxylation is 3. The zero-order valence-corrected chi connectivity index (χ0v) is 23.2. The third-order valence-corrected chi connectivity index (χ3v) is 7.17. The summed E-state index contributed by atoms with van der Waals surface area (Å²) in [5.74, 6) is 1.18. The number of rotatable bonds is 14. The van der Waals surface area contributed by atoms with Crippen LogP contribution < -0.4 is 10.1 Å². The maximum absolute atomic E-state index is 11.2. The van der Waals surface area contributed by atoms with Crippen molar-refractivity contribution in [3.63, 3.8) is 0 Å². The van der Waals surface area contributed by atoms with E-state index >= 15 is 0 Å². The Balaban J connectivity index is 1.76. The van der Waals surface area contributed by atoms with Crippen LogP contribution in [0.4, 0.5) is 0 Å². The Hall–Kier alpha value is -2.79. The van der Waals surface area contributed by atoms with Gasteiger partial charge in [0.05, 0.1) is 4.88 Å². The molecular weight excluding hydrogens is 492 g/mol. The summed E-state index contributed by atoms with van der Waals surface area (Å²) in [6.45, 7) is 9.68. The molecule has 37 heavy (non-hydrogen) atoms. The molecule has 10 heteroatoms. The molecule has 202 valence electrons. The van der Waals surface area contributed by atoms with Crippen molar-refractivity contribution in [3.8, 4) is 27.9 Å². The molecule has 2 aromatic heterocycles. The van der Waals surface area contributed by atoms with Crippen LogP contribution in [0.3, 0.4) is 0 Å². The molecule has 0 saturated heterocycles. The van der Waals surface area contributed by atoms with Crippen molar-refractivity contribution >= 4 is 17.2 Å². The Morgan fingerprint density at radius 3 is 2.65 bits per heavy atom. The number of nitrogens with one attached hydrogen (secondary N) is 1. The predicted octanol–water partition coefficient (Wildman–Crippen LogP) is 3.59. The van der Waals surface area contributed by atoms with Gasteiger partial charge in [0.1, 0.15) is 25.1 Å². The molecule has 3 aromatic rings. The van der Waals surface area contributed by atoms with Crippen LogP contribution in [0.1, 0.15) is 48.8 Å². The van der Waals surface area contributed by atoms with Crippen molar-refractivity contribution < 1.29 is 24.3 Å². The molecule has 3 N–H and O–H groups in total. The Bertz CT molecular complexity index is 1180. The summed E-state index contributed by atoms with van der Waals surface area (Å²) in [5, 5.41) is 25.6. The number of amides is 1. The molecule has 0 bridgehead atoms. The van der Waals surface area contributed by atoms with Crippen molar-refractivity contribution in [2.24, 2.45) is 0 Å². The van der Waals surface area contributed by atoms with Gasteiger partial charge in [-0.15, -0.1) is 11.3 Å². The molecule has 0 aliphatic carbocycles. The number of hydrogen-bond acceptors (Lipinski definition) is 9. The first kappa shape index (κ1) is 28.8.